The van der Waals surface area contributed by atoms with E-state index < -0.39 is 0 Å². The molecule has 1 aromatic rings. The van der Waals surface area contributed by atoms with E-state index in [9.17, 15) is 4.39 Å². The summed E-state index contributed by atoms with van der Waals surface area (Å²) in [5, 5.41) is 3.12. The number of halogens is 1. The summed E-state index contributed by atoms with van der Waals surface area (Å²) in [6.45, 7) is 5.07. The van der Waals surface area contributed by atoms with Crippen LogP contribution in [-0.4, -0.2) is 51.7 Å². The molecule has 0 bridgehead atoms. The molecule has 1 fully saturated rings. The predicted octanol–water partition coefficient (Wildman–Crippen LogP) is 1.34. The normalized spacial score (nSPS) is 17.2. The van der Waals surface area contributed by atoms with Crippen LogP contribution in [0.2, 0.25) is 0 Å². The summed E-state index contributed by atoms with van der Waals surface area (Å²) in [7, 11) is 4.07. The van der Waals surface area contributed by atoms with E-state index in [-0.39, 0.29) is 5.82 Å². The molecule has 0 atom stereocenters. The maximum absolute atomic E-state index is 13.4. The molecule has 1 heterocycles. The fourth-order valence-electron chi connectivity index (χ4n) is 2.37. The van der Waals surface area contributed by atoms with Gasteiger partial charge in [-0.25, -0.2) is 4.39 Å². The van der Waals surface area contributed by atoms with Crippen molar-refractivity contribution in [3.63, 3.8) is 0 Å². The van der Waals surface area contributed by atoms with E-state index in [1.165, 1.54) is 5.69 Å². The summed E-state index contributed by atoms with van der Waals surface area (Å²) in [5.74, 6) is -0.140. The topological polar surface area (TPSA) is 18.5 Å². The highest BCUT2D eigenvalue weighted by Gasteiger charge is 2.17. The Morgan fingerprint density at radius 1 is 1.22 bits per heavy atom. The van der Waals surface area contributed by atoms with Crippen LogP contribution in [-0.2, 0) is 6.42 Å². The van der Waals surface area contributed by atoms with E-state index in [1.54, 1.807) is 12.1 Å². The van der Waals surface area contributed by atoms with Crippen molar-refractivity contribution in [3.8, 4) is 0 Å². The number of rotatable bonds is 4. The number of nitrogens with zero attached hydrogens (tertiary/aromatic N) is 2. The van der Waals surface area contributed by atoms with Crippen LogP contribution in [0, 0.1) is 5.82 Å². The van der Waals surface area contributed by atoms with Gasteiger partial charge in [0.25, 0.3) is 0 Å². The highest BCUT2D eigenvalue weighted by Crippen LogP contribution is 2.23. The molecule has 0 amide bonds. The Balaban J connectivity index is 2.15. The number of likely N-dealkylation sites (N-methyl/N-ethyl adjacent to an activating group) is 2. The van der Waals surface area contributed by atoms with Gasteiger partial charge in [-0.3, -0.25) is 0 Å². The van der Waals surface area contributed by atoms with Crippen molar-refractivity contribution in [2.24, 2.45) is 0 Å². The number of benzene rings is 1. The predicted molar refractivity (Wildman–Crippen MR) is 73.7 cm³/mol. The van der Waals surface area contributed by atoms with Crippen LogP contribution in [0.1, 0.15) is 5.56 Å². The zero-order chi connectivity index (χ0) is 13.0. The molecule has 1 aliphatic rings. The molecular formula is C14H22FN3. The van der Waals surface area contributed by atoms with Crippen LogP contribution in [0.25, 0.3) is 0 Å². The monoisotopic (exact) mass is 251 g/mol. The van der Waals surface area contributed by atoms with Crippen molar-refractivity contribution in [2.75, 3.05) is 51.7 Å². The van der Waals surface area contributed by atoms with Gasteiger partial charge in [-0.05, 0) is 50.8 Å². The van der Waals surface area contributed by atoms with E-state index in [4.69, 9.17) is 0 Å². The molecule has 0 aromatic heterocycles. The van der Waals surface area contributed by atoms with Crippen molar-refractivity contribution in [3.05, 3.63) is 29.6 Å². The quantitative estimate of drug-likeness (QED) is 0.871. The summed E-state index contributed by atoms with van der Waals surface area (Å²) in [6, 6.07) is 5.16. The molecular weight excluding hydrogens is 229 g/mol. The van der Waals surface area contributed by atoms with Gasteiger partial charge in [0, 0.05) is 31.9 Å². The third-order valence-corrected chi connectivity index (χ3v) is 3.53. The second-order valence-electron chi connectivity index (χ2n) is 4.92. The van der Waals surface area contributed by atoms with Crippen molar-refractivity contribution < 1.29 is 4.39 Å². The number of hydrogen-bond acceptors (Lipinski definition) is 3. The summed E-state index contributed by atoms with van der Waals surface area (Å²) in [6.07, 6.45) is 0.871. The van der Waals surface area contributed by atoms with Gasteiger partial charge in [0.05, 0.1) is 0 Å². The van der Waals surface area contributed by atoms with E-state index in [1.807, 2.05) is 13.1 Å². The Kier molecular flexibility index (Phi) is 4.55. The average Bonchev–Trinajstić information content (AvgIpc) is 2.38. The van der Waals surface area contributed by atoms with Gasteiger partial charge in [0.2, 0.25) is 0 Å². The lowest BCUT2D eigenvalue weighted by atomic mass is 10.1. The van der Waals surface area contributed by atoms with Crippen molar-refractivity contribution in [1.82, 2.24) is 10.2 Å². The summed E-state index contributed by atoms with van der Waals surface area (Å²) < 4.78 is 13.4. The van der Waals surface area contributed by atoms with Crippen LogP contribution >= 0.6 is 0 Å². The minimum atomic E-state index is -0.140. The highest BCUT2D eigenvalue weighted by atomic mass is 19.1. The molecule has 1 aromatic carbocycles. The maximum atomic E-state index is 13.4. The van der Waals surface area contributed by atoms with Crippen LogP contribution < -0.4 is 10.2 Å². The van der Waals surface area contributed by atoms with Gasteiger partial charge in [-0.15, -0.1) is 0 Å². The Morgan fingerprint density at radius 3 is 2.61 bits per heavy atom. The molecule has 18 heavy (non-hydrogen) atoms. The standard InChI is InChI=1S/C14H22FN3/c1-16-6-5-12-11-13(15)3-4-14(12)18-9-7-17(2)8-10-18/h3-4,11,16H,5-10H2,1-2H3. The van der Waals surface area contributed by atoms with Crippen molar-refractivity contribution in [2.45, 2.75) is 6.42 Å². The molecule has 0 radical (unpaired) electrons. The second kappa shape index (κ2) is 6.16. The first-order valence-corrected chi connectivity index (χ1v) is 6.57. The molecule has 2 rings (SSSR count). The van der Waals surface area contributed by atoms with E-state index in [0.717, 1.165) is 44.7 Å². The Morgan fingerprint density at radius 2 is 1.94 bits per heavy atom. The van der Waals surface area contributed by atoms with Gasteiger partial charge in [0.15, 0.2) is 0 Å². The van der Waals surface area contributed by atoms with E-state index in [2.05, 4.69) is 22.2 Å². The minimum absolute atomic E-state index is 0.140. The number of piperazine rings is 1. The van der Waals surface area contributed by atoms with E-state index in [0.29, 0.717) is 0 Å². The number of nitrogens with one attached hydrogen (secondary N) is 1. The molecule has 1 N–H and O–H groups in total. The highest BCUT2D eigenvalue weighted by molar-refractivity contribution is 5.54. The zero-order valence-electron chi connectivity index (χ0n) is 11.2. The molecule has 0 saturated carbocycles. The van der Waals surface area contributed by atoms with Gasteiger partial charge >= 0.3 is 0 Å². The molecule has 4 heteroatoms. The zero-order valence-corrected chi connectivity index (χ0v) is 11.2. The lowest BCUT2D eigenvalue weighted by molar-refractivity contribution is 0.312. The second-order valence-corrected chi connectivity index (χ2v) is 4.92. The lowest BCUT2D eigenvalue weighted by Gasteiger charge is -2.35. The molecule has 1 aliphatic heterocycles. The van der Waals surface area contributed by atoms with Crippen molar-refractivity contribution >= 4 is 5.69 Å². The molecule has 3 nitrogen and oxygen atoms in total. The maximum Gasteiger partial charge on any atom is 0.123 e. The molecule has 0 unspecified atom stereocenters. The van der Waals surface area contributed by atoms with Crippen LogP contribution in [0.15, 0.2) is 18.2 Å². The Hall–Kier alpha value is -1.13. The molecule has 0 aliphatic carbocycles. The van der Waals surface area contributed by atoms with Gasteiger partial charge in [-0.1, -0.05) is 0 Å². The SMILES string of the molecule is CNCCc1cc(F)ccc1N1CCN(C)CC1. The average molecular weight is 251 g/mol. The van der Waals surface area contributed by atoms with Crippen molar-refractivity contribution in [1.29, 1.82) is 0 Å². The van der Waals surface area contributed by atoms with Gasteiger partial charge in [0.1, 0.15) is 5.82 Å². The molecule has 0 spiro atoms. The molecule has 1 saturated heterocycles. The summed E-state index contributed by atoms with van der Waals surface area (Å²) in [4.78, 5) is 4.69. The van der Waals surface area contributed by atoms with Crippen LogP contribution in [0.3, 0.4) is 0 Å². The third-order valence-electron chi connectivity index (χ3n) is 3.53. The lowest BCUT2D eigenvalue weighted by Crippen LogP contribution is -2.44. The first kappa shape index (κ1) is 13.3. The van der Waals surface area contributed by atoms with Gasteiger partial charge in [-0.2, -0.15) is 0 Å². The number of hydrogen-bond donors (Lipinski definition) is 1. The smallest absolute Gasteiger partial charge is 0.123 e. The summed E-state index contributed by atoms with van der Waals surface area (Å²) in [5.41, 5.74) is 2.30. The minimum Gasteiger partial charge on any atom is -0.369 e. The first-order valence-electron chi connectivity index (χ1n) is 6.57. The van der Waals surface area contributed by atoms with Crippen LogP contribution in [0.5, 0.6) is 0 Å². The first-order chi connectivity index (χ1) is 8.70. The van der Waals surface area contributed by atoms with E-state index >= 15 is 0 Å². The van der Waals surface area contributed by atoms with Crippen LogP contribution in [0.4, 0.5) is 10.1 Å². The summed E-state index contributed by atoms with van der Waals surface area (Å²) >= 11 is 0. The Labute approximate surface area is 109 Å². The number of anilines is 1. The fraction of sp³-hybridized carbons (Fsp3) is 0.571. The third kappa shape index (κ3) is 3.21. The largest absolute Gasteiger partial charge is 0.369 e. The molecule has 100 valence electrons. The fourth-order valence-corrected chi connectivity index (χ4v) is 2.37. The Bertz CT molecular complexity index is 387. The van der Waals surface area contributed by atoms with Gasteiger partial charge < -0.3 is 15.1 Å².